The van der Waals surface area contributed by atoms with Gasteiger partial charge in [-0.15, -0.1) is 0 Å². The molecule has 1 amide bonds. The Bertz CT molecular complexity index is 879. The molecule has 0 unspecified atom stereocenters. The van der Waals surface area contributed by atoms with Crippen molar-refractivity contribution in [3.63, 3.8) is 0 Å². The van der Waals surface area contributed by atoms with E-state index in [-0.39, 0.29) is 12.0 Å². The number of carbonyl (C=O) groups is 1. The van der Waals surface area contributed by atoms with Crippen LogP contribution in [0.1, 0.15) is 24.0 Å². The second-order valence-electron chi connectivity index (χ2n) is 7.85. The molecule has 3 heterocycles. The van der Waals surface area contributed by atoms with E-state index in [9.17, 15) is 4.79 Å². The van der Waals surface area contributed by atoms with E-state index >= 15 is 0 Å². The summed E-state index contributed by atoms with van der Waals surface area (Å²) in [5.74, 6) is 0.244. The van der Waals surface area contributed by atoms with Crippen LogP contribution < -0.4 is 0 Å². The number of carbonyl (C=O) groups excluding carboxylic acids is 1. The number of likely N-dealkylation sites (tertiary alicyclic amines) is 1. The van der Waals surface area contributed by atoms with Crippen LogP contribution in [0.3, 0.4) is 0 Å². The number of hydrogen-bond acceptors (Lipinski definition) is 3. The summed E-state index contributed by atoms with van der Waals surface area (Å²) in [4.78, 5) is 19.9. The number of rotatable bonds is 2. The van der Waals surface area contributed by atoms with Gasteiger partial charge in [-0.05, 0) is 49.1 Å². The lowest BCUT2D eigenvalue weighted by atomic mass is 9.80. The maximum Gasteiger partial charge on any atom is 0.409 e. The molecule has 26 heavy (non-hydrogen) atoms. The number of amides is 1. The van der Waals surface area contributed by atoms with E-state index in [1.165, 1.54) is 27.6 Å². The number of nitrogens with zero attached hydrogens (tertiary/aromatic N) is 2. The zero-order valence-electron chi connectivity index (χ0n) is 15.2. The van der Waals surface area contributed by atoms with Crippen LogP contribution in [0, 0.1) is 5.92 Å². The topological polar surface area (TPSA) is 48.6 Å². The number of ether oxygens (including phenoxy) is 1. The summed E-state index contributed by atoms with van der Waals surface area (Å²) >= 11 is 0. The highest BCUT2D eigenvalue weighted by Crippen LogP contribution is 2.40. The van der Waals surface area contributed by atoms with E-state index < -0.39 is 0 Å². The molecule has 0 spiro atoms. The molecule has 5 nitrogen and oxygen atoms in total. The van der Waals surface area contributed by atoms with Gasteiger partial charge in [-0.25, -0.2) is 4.79 Å². The van der Waals surface area contributed by atoms with Crippen molar-refractivity contribution in [2.24, 2.45) is 5.92 Å². The fourth-order valence-corrected chi connectivity index (χ4v) is 4.82. The normalized spacial score (nSPS) is 25.3. The molecule has 1 saturated heterocycles. The largest absolute Gasteiger partial charge is 0.449 e. The standard InChI is InChI=1S/C21H25N3O2/c1-23-12-14(13-26-21(25)24-7-2-3-8-24)9-17-16-5-4-6-18-20(16)15(11-22-18)10-19(17)23/h4-6,9,11,14,19,22H,2-3,7-8,10,12-13H2,1H3/t14-,19-/m1/s1. The maximum absolute atomic E-state index is 12.2. The molecule has 2 aromatic rings. The highest BCUT2D eigenvalue weighted by Gasteiger charge is 2.34. The Morgan fingerprint density at radius 2 is 2.15 bits per heavy atom. The van der Waals surface area contributed by atoms with Crippen LogP contribution in [0.4, 0.5) is 4.79 Å². The zero-order valence-corrected chi connectivity index (χ0v) is 15.2. The number of nitrogens with one attached hydrogen (secondary N) is 1. The average Bonchev–Trinajstić information content (AvgIpc) is 3.32. The summed E-state index contributed by atoms with van der Waals surface area (Å²) in [6.07, 6.45) is 7.59. The molecule has 1 aliphatic carbocycles. The summed E-state index contributed by atoms with van der Waals surface area (Å²) in [5, 5.41) is 1.36. The monoisotopic (exact) mass is 351 g/mol. The third-order valence-electron chi connectivity index (χ3n) is 6.13. The number of aromatic nitrogens is 1. The first-order valence-electron chi connectivity index (χ1n) is 9.63. The Morgan fingerprint density at radius 3 is 3.00 bits per heavy atom. The van der Waals surface area contributed by atoms with Crippen molar-refractivity contribution in [3.05, 3.63) is 41.6 Å². The van der Waals surface area contributed by atoms with Crippen LogP contribution in [0.2, 0.25) is 0 Å². The lowest BCUT2D eigenvalue weighted by Gasteiger charge is -2.39. The van der Waals surface area contributed by atoms with E-state index in [0.717, 1.165) is 38.9 Å². The van der Waals surface area contributed by atoms with Gasteiger partial charge < -0.3 is 14.6 Å². The van der Waals surface area contributed by atoms with E-state index in [1.54, 1.807) is 0 Å². The molecule has 5 heteroatoms. The Hall–Kier alpha value is -2.27. The predicted molar refractivity (Wildman–Crippen MR) is 102 cm³/mol. The molecule has 1 N–H and O–H groups in total. The van der Waals surface area contributed by atoms with Crippen LogP contribution >= 0.6 is 0 Å². The van der Waals surface area contributed by atoms with Crippen LogP contribution in [-0.4, -0.2) is 60.2 Å². The number of fused-ring (bicyclic) bond motifs is 2. The fourth-order valence-electron chi connectivity index (χ4n) is 4.82. The van der Waals surface area contributed by atoms with Crippen molar-refractivity contribution >= 4 is 22.6 Å². The number of hydrogen-bond donors (Lipinski definition) is 1. The second-order valence-corrected chi connectivity index (χ2v) is 7.85. The van der Waals surface area contributed by atoms with E-state index in [4.69, 9.17) is 4.74 Å². The minimum Gasteiger partial charge on any atom is -0.449 e. The van der Waals surface area contributed by atoms with Crippen molar-refractivity contribution in [1.29, 1.82) is 0 Å². The Kier molecular flexibility index (Phi) is 3.78. The quantitative estimate of drug-likeness (QED) is 0.903. The van der Waals surface area contributed by atoms with Crippen LogP contribution in [-0.2, 0) is 11.2 Å². The molecule has 1 aromatic carbocycles. The third-order valence-corrected chi connectivity index (χ3v) is 6.13. The molecule has 136 valence electrons. The van der Waals surface area contributed by atoms with Gasteiger partial charge in [0, 0.05) is 48.7 Å². The molecule has 0 saturated carbocycles. The molecule has 0 bridgehead atoms. The van der Waals surface area contributed by atoms with Gasteiger partial charge in [0.25, 0.3) is 0 Å². The molecule has 1 aromatic heterocycles. The number of aromatic amines is 1. The fraction of sp³-hybridized carbons (Fsp3) is 0.476. The van der Waals surface area contributed by atoms with Gasteiger partial charge in [0.15, 0.2) is 0 Å². The van der Waals surface area contributed by atoms with Gasteiger partial charge in [-0.3, -0.25) is 4.90 Å². The second kappa shape index (κ2) is 6.16. The summed E-state index contributed by atoms with van der Waals surface area (Å²) < 4.78 is 5.63. The summed E-state index contributed by atoms with van der Waals surface area (Å²) in [7, 11) is 2.19. The number of likely N-dealkylation sites (N-methyl/N-ethyl adjacent to an activating group) is 1. The molecule has 2 atom stereocenters. The highest BCUT2D eigenvalue weighted by molar-refractivity contribution is 5.98. The lowest BCUT2D eigenvalue weighted by Crippen LogP contribution is -2.43. The molecular weight excluding hydrogens is 326 g/mol. The summed E-state index contributed by atoms with van der Waals surface area (Å²) in [6.45, 7) is 3.07. The van der Waals surface area contributed by atoms with Gasteiger partial charge >= 0.3 is 6.09 Å². The van der Waals surface area contributed by atoms with Gasteiger partial charge in [0.2, 0.25) is 0 Å². The van der Waals surface area contributed by atoms with Crippen molar-refractivity contribution < 1.29 is 9.53 Å². The molecule has 5 rings (SSSR count). The number of benzene rings is 1. The van der Waals surface area contributed by atoms with E-state index in [1.807, 2.05) is 4.90 Å². The Morgan fingerprint density at radius 1 is 1.31 bits per heavy atom. The first-order chi connectivity index (χ1) is 12.7. The molecule has 1 fully saturated rings. The highest BCUT2D eigenvalue weighted by atomic mass is 16.6. The van der Waals surface area contributed by atoms with Crippen molar-refractivity contribution in [3.8, 4) is 0 Å². The Balaban J connectivity index is 1.40. The minimum absolute atomic E-state index is 0.149. The maximum atomic E-state index is 12.2. The van der Waals surface area contributed by atoms with Crippen LogP contribution in [0.25, 0.3) is 16.5 Å². The minimum atomic E-state index is -0.149. The summed E-state index contributed by atoms with van der Waals surface area (Å²) in [6, 6.07) is 6.90. The van der Waals surface area contributed by atoms with Gasteiger partial charge in [-0.2, -0.15) is 0 Å². The van der Waals surface area contributed by atoms with Gasteiger partial charge in [0.05, 0.1) is 0 Å². The lowest BCUT2D eigenvalue weighted by molar-refractivity contribution is 0.0915. The van der Waals surface area contributed by atoms with Gasteiger partial charge in [0.1, 0.15) is 6.61 Å². The summed E-state index contributed by atoms with van der Waals surface area (Å²) in [5.41, 5.74) is 5.33. The van der Waals surface area contributed by atoms with Crippen LogP contribution in [0.5, 0.6) is 0 Å². The van der Waals surface area contributed by atoms with Crippen molar-refractivity contribution in [1.82, 2.24) is 14.8 Å². The first-order valence-corrected chi connectivity index (χ1v) is 9.63. The third kappa shape index (κ3) is 2.53. The molecule has 0 radical (unpaired) electrons. The SMILES string of the molecule is CN1C[C@H](COC(=O)N2CCCC2)C=C2c3cccc4[nH]cc(c34)C[C@H]21. The smallest absolute Gasteiger partial charge is 0.409 e. The predicted octanol–water partition coefficient (Wildman–Crippen LogP) is 3.27. The number of H-pyrrole nitrogens is 1. The molecule has 3 aliphatic rings. The zero-order chi connectivity index (χ0) is 17.7. The van der Waals surface area contributed by atoms with Gasteiger partial charge in [-0.1, -0.05) is 18.2 Å². The first kappa shape index (κ1) is 15.9. The van der Waals surface area contributed by atoms with E-state index in [2.05, 4.69) is 47.4 Å². The molecular formula is C21H25N3O2. The van der Waals surface area contributed by atoms with Crippen molar-refractivity contribution in [2.45, 2.75) is 25.3 Å². The van der Waals surface area contributed by atoms with Crippen LogP contribution in [0.15, 0.2) is 30.5 Å². The average molecular weight is 351 g/mol. The Labute approximate surface area is 153 Å². The van der Waals surface area contributed by atoms with E-state index in [0.29, 0.717) is 12.6 Å². The molecule has 2 aliphatic heterocycles. The van der Waals surface area contributed by atoms with Crippen molar-refractivity contribution in [2.75, 3.05) is 33.3 Å².